The molecular weight excluding hydrogens is 385 g/mol. The molecule has 2 aromatic rings. The van der Waals surface area contributed by atoms with Crippen molar-refractivity contribution in [3.8, 4) is 5.75 Å². The summed E-state index contributed by atoms with van der Waals surface area (Å²) in [6, 6.07) is 12.4. The monoisotopic (exact) mass is 414 g/mol. The lowest BCUT2D eigenvalue weighted by molar-refractivity contribution is -0.895. The van der Waals surface area contributed by atoms with E-state index in [0.717, 1.165) is 22.6 Å². The molecule has 3 rings (SSSR count). The van der Waals surface area contributed by atoms with Gasteiger partial charge in [0.05, 0.1) is 39.7 Å². The molecule has 0 aromatic heterocycles. The highest BCUT2D eigenvalue weighted by Gasteiger charge is 2.25. The van der Waals surface area contributed by atoms with Crippen molar-refractivity contribution in [2.75, 3.05) is 45.2 Å². The zero-order chi connectivity index (χ0) is 21.5. The summed E-state index contributed by atoms with van der Waals surface area (Å²) in [5.74, 6) is -0.338. The first-order valence-corrected chi connectivity index (χ1v) is 10.3. The molecule has 7 heteroatoms. The van der Waals surface area contributed by atoms with E-state index in [1.165, 1.54) is 19.2 Å². The molecule has 0 spiro atoms. The minimum absolute atomic E-state index is 0.0145. The number of hydrogen-bond donors (Lipinski definition) is 2. The van der Waals surface area contributed by atoms with Gasteiger partial charge in [0.1, 0.15) is 0 Å². The average molecular weight is 415 g/mol. The molecule has 0 saturated carbocycles. The van der Waals surface area contributed by atoms with Gasteiger partial charge in [-0.15, -0.1) is 0 Å². The molecule has 2 amide bonds. The Morgan fingerprint density at radius 2 is 1.90 bits per heavy atom. The van der Waals surface area contributed by atoms with Crippen LogP contribution < -0.4 is 15.0 Å². The summed E-state index contributed by atoms with van der Waals surface area (Å²) in [6.45, 7) is 5.05. The van der Waals surface area contributed by atoms with Crippen LogP contribution >= 0.6 is 0 Å². The minimum Gasteiger partial charge on any atom is -0.494 e. The van der Waals surface area contributed by atoms with Crippen molar-refractivity contribution < 1.29 is 23.6 Å². The van der Waals surface area contributed by atoms with E-state index in [2.05, 4.69) is 12.2 Å². The van der Waals surface area contributed by atoms with E-state index >= 15 is 0 Å². The highest BCUT2D eigenvalue weighted by atomic mass is 19.1. The Kier molecular flexibility index (Phi) is 7.41. The number of aryl methyl sites for hydroxylation is 1. The van der Waals surface area contributed by atoms with Gasteiger partial charge in [-0.2, -0.15) is 0 Å². The SMILES string of the molecule is CCc1ccccc1NC(=O)C[NH+]1CCN(C(=O)Cc2ccc(OC)c(F)c2)CC1. The van der Waals surface area contributed by atoms with E-state index in [0.29, 0.717) is 38.3 Å². The van der Waals surface area contributed by atoms with Gasteiger partial charge in [0.2, 0.25) is 5.91 Å². The van der Waals surface area contributed by atoms with Gasteiger partial charge in [0, 0.05) is 5.69 Å². The molecule has 1 saturated heterocycles. The minimum atomic E-state index is -0.465. The molecule has 2 aromatic carbocycles. The second-order valence-electron chi connectivity index (χ2n) is 7.51. The van der Waals surface area contributed by atoms with E-state index in [1.54, 1.807) is 11.0 Å². The number of carbonyl (C=O) groups is 2. The highest BCUT2D eigenvalue weighted by Crippen LogP contribution is 2.18. The fourth-order valence-electron chi connectivity index (χ4n) is 3.73. The predicted octanol–water partition coefficient (Wildman–Crippen LogP) is 1.31. The summed E-state index contributed by atoms with van der Waals surface area (Å²) < 4.78 is 18.7. The van der Waals surface area contributed by atoms with Crippen molar-refractivity contribution in [1.29, 1.82) is 0 Å². The zero-order valence-electron chi connectivity index (χ0n) is 17.5. The van der Waals surface area contributed by atoms with Crippen molar-refractivity contribution >= 4 is 17.5 Å². The predicted molar refractivity (Wildman–Crippen MR) is 113 cm³/mol. The van der Waals surface area contributed by atoms with Gasteiger partial charge in [-0.05, 0) is 35.7 Å². The maximum atomic E-state index is 13.8. The van der Waals surface area contributed by atoms with Crippen LogP contribution in [0.15, 0.2) is 42.5 Å². The lowest BCUT2D eigenvalue weighted by Gasteiger charge is -2.32. The number of nitrogens with zero attached hydrogens (tertiary/aromatic N) is 1. The maximum Gasteiger partial charge on any atom is 0.279 e. The molecule has 0 radical (unpaired) electrons. The van der Waals surface area contributed by atoms with Crippen molar-refractivity contribution in [2.24, 2.45) is 0 Å². The molecule has 0 aliphatic carbocycles. The smallest absolute Gasteiger partial charge is 0.279 e. The molecule has 1 aliphatic rings. The van der Waals surface area contributed by atoms with Crippen LogP contribution in [-0.2, 0) is 22.4 Å². The maximum absolute atomic E-state index is 13.8. The topological polar surface area (TPSA) is 63.1 Å². The summed E-state index contributed by atoms with van der Waals surface area (Å²) in [5.41, 5.74) is 2.61. The molecular formula is C23H29FN3O3+. The molecule has 0 unspecified atom stereocenters. The van der Waals surface area contributed by atoms with Crippen molar-refractivity contribution in [2.45, 2.75) is 19.8 Å². The molecule has 1 heterocycles. The summed E-state index contributed by atoms with van der Waals surface area (Å²) in [5, 5.41) is 3.00. The lowest BCUT2D eigenvalue weighted by Crippen LogP contribution is -3.15. The fourth-order valence-corrected chi connectivity index (χ4v) is 3.73. The number of nitrogens with one attached hydrogen (secondary N) is 2. The Morgan fingerprint density at radius 3 is 2.57 bits per heavy atom. The van der Waals surface area contributed by atoms with E-state index in [9.17, 15) is 14.0 Å². The first kappa shape index (κ1) is 21.8. The van der Waals surface area contributed by atoms with Crippen LogP contribution in [0, 0.1) is 5.82 Å². The normalized spacial score (nSPS) is 14.4. The lowest BCUT2D eigenvalue weighted by atomic mass is 10.1. The van der Waals surface area contributed by atoms with Gasteiger partial charge in [-0.3, -0.25) is 9.59 Å². The number of benzene rings is 2. The third-order valence-electron chi connectivity index (χ3n) is 5.48. The fraction of sp³-hybridized carbons (Fsp3) is 0.391. The number of carbonyl (C=O) groups excluding carboxylic acids is 2. The number of methoxy groups -OCH3 is 1. The Morgan fingerprint density at radius 1 is 1.17 bits per heavy atom. The van der Waals surface area contributed by atoms with Crippen LogP contribution in [0.1, 0.15) is 18.1 Å². The molecule has 2 N–H and O–H groups in total. The largest absolute Gasteiger partial charge is 0.494 e. The Labute approximate surface area is 176 Å². The van der Waals surface area contributed by atoms with Gasteiger partial charge >= 0.3 is 0 Å². The van der Waals surface area contributed by atoms with Crippen LogP contribution in [0.25, 0.3) is 0 Å². The number of halogens is 1. The van der Waals surface area contributed by atoms with E-state index in [1.807, 2.05) is 24.3 Å². The summed E-state index contributed by atoms with van der Waals surface area (Å²) in [6.07, 6.45) is 1.02. The van der Waals surface area contributed by atoms with Crippen LogP contribution in [0.2, 0.25) is 0 Å². The molecule has 160 valence electrons. The van der Waals surface area contributed by atoms with Crippen LogP contribution in [0.4, 0.5) is 10.1 Å². The second kappa shape index (κ2) is 10.2. The Balaban J connectivity index is 1.46. The van der Waals surface area contributed by atoms with Gasteiger partial charge < -0.3 is 19.9 Å². The molecule has 0 atom stereocenters. The number of anilines is 1. The van der Waals surface area contributed by atoms with Crippen molar-refractivity contribution in [1.82, 2.24) is 4.90 Å². The number of quaternary nitrogens is 1. The molecule has 0 bridgehead atoms. The van der Waals surface area contributed by atoms with Gasteiger partial charge in [-0.1, -0.05) is 31.2 Å². The zero-order valence-corrected chi connectivity index (χ0v) is 17.5. The van der Waals surface area contributed by atoms with Crippen molar-refractivity contribution in [3.05, 3.63) is 59.4 Å². The van der Waals surface area contributed by atoms with E-state index in [-0.39, 0.29) is 24.0 Å². The van der Waals surface area contributed by atoms with E-state index in [4.69, 9.17) is 4.74 Å². The third kappa shape index (κ3) is 5.57. The second-order valence-corrected chi connectivity index (χ2v) is 7.51. The number of amides is 2. The summed E-state index contributed by atoms with van der Waals surface area (Å²) in [7, 11) is 1.41. The van der Waals surface area contributed by atoms with Crippen LogP contribution in [0.3, 0.4) is 0 Å². The number of ether oxygens (including phenoxy) is 1. The summed E-state index contributed by atoms with van der Waals surface area (Å²) >= 11 is 0. The quantitative estimate of drug-likeness (QED) is 0.718. The van der Waals surface area contributed by atoms with Gasteiger partial charge in [0.25, 0.3) is 5.91 Å². The van der Waals surface area contributed by atoms with Gasteiger partial charge in [-0.25, -0.2) is 4.39 Å². The Bertz CT molecular complexity index is 895. The molecule has 6 nitrogen and oxygen atoms in total. The first-order chi connectivity index (χ1) is 14.5. The number of piperazine rings is 1. The highest BCUT2D eigenvalue weighted by molar-refractivity contribution is 5.92. The standard InChI is InChI=1S/C23H28FN3O3/c1-3-18-6-4-5-7-20(18)25-22(28)16-26-10-12-27(13-11-26)23(29)15-17-8-9-21(30-2)19(24)14-17/h4-9,14H,3,10-13,15-16H2,1-2H3,(H,25,28)/p+1. The van der Waals surface area contributed by atoms with Gasteiger partial charge in [0.15, 0.2) is 18.1 Å². The molecule has 1 aliphatic heterocycles. The van der Waals surface area contributed by atoms with Crippen molar-refractivity contribution in [3.63, 3.8) is 0 Å². The molecule has 30 heavy (non-hydrogen) atoms. The third-order valence-corrected chi connectivity index (χ3v) is 5.48. The first-order valence-electron chi connectivity index (χ1n) is 10.3. The van der Waals surface area contributed by atoms with Crippen LogP contribution in [0.5, 0.6) is 5.75 Å². The number of hydrogen-bond acceptors (Lipinski definition) is 3. The molecule has 1 fully saturated rings. The summed E-state index contributed by atoms with van der Waals surface area (Å²) in [4.78, 5) is 27.9. The average Bonchev–Trinajstić information content (AvgIpc) is 2.74. The number of rotatable bonds is 7. The Hall–Kier alpha value is -2.93. The van der Waals surface area contributed by atoms with E-state index < -0.39 is 5.82 Å². The number of para-hydroxylation sites is 1. The van der Waals surface area contributed by atoms with Crippen LogP contribution in [-0.4, -0.2) is 56.5 Å².